The van der Waals surface area contributed by atoms with Crippen molar-refractivity contribution in [3.63, 3.8) is 0 Å². The van der Waals surface area contributed by atoms with Crippen LogP contribution in [0.25, 0.3) is 0 Å². The average Bonchev–Trinajstić information content (AvgIpc) is 2.43. The van der Waals surface area contributed by atoms with Gasteiger partial charge in [0.05, 0.1) is 22.3 Å². The van der Waals surface area contributed by atoms with Crippen LogP contribution in [0.5, 0.6) is 0 Å². The molecule has 5 heteroatoms. The second kappa shape index (κ2) is 6.43. The van der Waals surface area contributed by atoms with Crippen molar-refractivity contribution >= 4 is 20.0 Å². The summed E-state index contributed by atoms with van der Waals surface area (Å²) < 4.78 is 9.71. The molecular formula is C16H24O4Si. The summed E-state index contributed by atoms with van der Waals surface area (Å²) in [4.78, 5) is 24.4. The predicted octanol–water partition coefficient (Wildman–Crippen LogP) is 3.03. The highest BCUT2D eigenvalue weighted by molar-refractivity contribution is 6.81. The van der Waals surface area contributed by atoms with Crippen molar-refractivity contribution in [2.24, 2.45) is 5.41 Å². The highest BCUT2D eigenvalue weighted by Crippen LogP contribution is 2.41. The Hall–Kier alpha value is -1.62. The van der Waals surface area contributed by atoms with Gasteiger partial charge in [-0.15, -0.1) is 0 Å². The van der Waals surface area contributed by atoms with E-state index in [9.17, 15) is 9.59 Å². The van der Waals surface area contributed by atoms with Crippen LogP contribution in [-0.4, -0.2) is 34.2 Å². The fraction of sp³-hybridized carbons (Fsp3) is 0.500. The molecule has 0 atom stereocenters. The molecule has 0 saturated carbocycles. The molecular weight excluding hydrogens is 284 g/mol. The fourth-order valence-electron chi connectivity index (χ4n) is 2.57. The van der Waals surface area contributed by atoms with Crippen LogP contribution >= 0.6 is 0 Å². The molecule has 4 nitrogen and oxygen atoms in total. The summed E-state index contributed by atoms with van der Waals surface area (Å²) in [6.07, 6.45) is 4.21. The first-order chi connectivity index (χ1) is 9.70. The molecule has 0 aliphatic heterocycles. The van der Waals surface area contributed by atoms with Crippen molar-refractivity contribution in [1.29, 1.82) is 0 Å². The van der Waals surface area contributed by atoms with Gasteiger partial charge in [-0.25, -0.2) is 0 Å². The summed E-state index contributed by atoms with van der Waals surface area (Å²) in [7, 11) is 1.08. The molecule has 0 fully saturated rings. The zero-order valence-corrected chi connectivity index (χ0v) is 14.5. The smallest absolute Gasteiger partial charge is 0.323 e. The van der Waals surface area contributed by atoms with E-state index < -0.39 is 25.4 Å². The van der Waals surface area contributed by atoms with Gasteiger partial charge in [0.25, 0.3) is 0 Å². The van der Waals surface area contributed by atoms with Crippen molar-refractivity contribution in [3.8, 4) is 0 Å². The minimum absolute atomic E-state index is 0.275. The van der Waals surface area contributed by atoms with Crippen LogP contribution in [0.1, 0.15) is 12.8 Å². The molecule has 21 heavy (non-hydrogen) atoms. The zero-order valence-electron chi connectivity index (χ0n) is 13.5. The largest absolute Gasteiger partial charge is 0.468 e. The van der Waals surface area contributed by atoms with Gasteiger partial charge in [-0.1, -0.05) is 44.1 Å². The van der Waals surface area contributed by atoms with Gasteiger partial charge in [0.2, 0.25) is 0 Å². The van der Waals surface area contributed by atoms with E-state index in [0.29, 0.717) is 6.42 Å². The molecule has 0 spiro atoms. The number of methoxy groups -OCH3 is 2. The number of hydrogen-bond donors (Lipinski definition) is 0. The monoisotopic (exact) mass is 308 g/mol. The van der Waals surface area contributed by atoms with Gasteiger partial charge in [-0.2, -0.15) is 0 Å². The summed E-state index contributed by atoms with van der Waals surface area (Å²) in [6, 6.07) is 0. The fourth-order valence-corrected chi connectivity index (χ4v) is 3.89. The molecule has 0 saturated heterocycles. The summed E-state index contributed by atoms with van der Waals surface area (Å²) in [5.41, 5.74) is 2.88. The molecule has 1 aliphatic carbocycles. The van der Waals surface area contributed by atoms with Crippen LogP contribution < -0.4 is 0 Å². The minimum atomic E-state index is -1.51. The van der Waals surface area contributed by atoms with Gasteiger partial charge in [-0.05, 0) is 24.0 Å². The van der Waals surface area contributed by atoms with Crippen molar-refractivity contribution in [3.05, 3.63) is 35.6 Å². The average molecular weight is 308 g/mol. The van der Waals surface area contributed by atoms with Gasteiger partial charge in [0.1, 0.15) is 0 Å². The highest BCUT2D eigenvalue weighted by atomic mass is 28.3. The number of esters is 2. The van der Waals surface area contributed by atoms with E-state index in [0.717, 1.165) is 11.1 Å². The third-order valence-electron chi connectivity index (χ3n) is 3.51. The van der Waals surface area contributed by atoms with Crippen molar-refractivity contribution < 1.29 is 19.1 Å². The standard InChI is InChI=1S/C16H24O4Si/c1-7-12-8-9-16(14(17)19-2,15(18)20-3)10-13(12)11-21(4,5)6/h7-8,11H,1,9-10H2,2-6H3/b13-11+. The Bertz CT molecular complexity index is 493. The van der Waals surface area contributed by atoms with Crippen LogP contribution in [0.4, 0.5) is 0 Å². The van der Waals surface area contributed by atoms with E-state index in [1.165, 1.54) is 14.2 Å². The molecule has 0 heterocycles. The van der Waals surface area contributed by atoms with Gasteiger partial charge >= 0.3 is 11.9 Å². The van der Waals surface area contributed by atoms with Crippen LogP contribution in [0.3, 0.4) is 0 Å². The first kappa shape index (κ1) is 17.4. The molecule has 1 rings (SSSR count). The van der Waals surface area contributed by atoms with E-state index in [-0.39, 0.29) is 6.42 Å². The van der Waals surface area contributed by atoms with E-state index in [2.05, 4.69) is 31.9 Å². The number of hydrogen-bond acceptors (Lipinski definition) is 4. The quantitative estimate of drug-likeness (QED) is 0.455. The van der Waals surface area contributed by atoms with E-state index in [1.807, 2.05) is 6.08 Å². The van der Waals surface area contributed by atoms with E-state index >= 15 is 0 Å². The maximum Gasteiger partial charge on any atom is 0.323 e. The minimum Gasteiger partial charge on any atom is -0.468 e. The van der Waals surface area contributed by atoms with Crippen LogP contribution in [-0.2, 0) is 19.1 Å². The lowest BCUT2D eigenvalue weighted by molar-refractivity contribution is -0.169. The first-order valence-electron chi connectivity index (χ1n) is 6.91. The number of allylic oxidation sites excluding steroid dienone is 4. The zero-order chi connectivity index (χ0) is 16.3. The third kappa shape index (κ3) is 3.72. The normalized spacial score (nSPS) is 19.7. The Kier molecular flexibility index (Phi) is 5.34. The molecule has 0 bridgehead atoms. The number of carbonyl (C=O) groups excluding carboxylic acids is 2. The molecule has 0 N–H and O–H groups in total. The van der Waals surface area contributed by atoms with Crippen LogP contribution in [0, 0.1) is 5.41 Å². The van der Waals surface area contributed by atoms with Gasteiger partial charge in [0.15, 0.2) is 5.41 Å². The van der Waals surface area contributed by atoms with Gasteiger partial charge in [-0.3, -0.25) is 9.59 Å². The third-order valence-corrected chi connectivity index (χ3v) is 4.73. The Morgan fingerprint density at radius 1 is 1.24 bits per heavy atom. The van der Waals surface area contributed by atoms with E-state index in [1.54, 1.807) is 6.08 Å². The SMILES string of the molecule is C=CC1=CCC(C(=O)OC)(C(=O)OC)C/C1=C\[Si](C)(C)C. The molecule has 0 aromatic heterocycles. The Morgan fingerprint density at radius 2 is 1.76 bits per heavy atom. The Morgan fingerprint density at radius 3 is 2.14 bits per heavy atom. The molecule has 0 unspecified atom stereocenters. The summed E-state index contributed by atoms with van der Waals surface area (Å²) in [6.45, 7) is 10.4. The van der Waals surface area contributed by atoms with Gasteiger partial charge in [0, 0.05) is 0 Å². The Labute approximate surface area is 127 Å². The first-order valence-corrected chi connectivity index (χ1v) is 10.5. The Balaban J connectivity index is 3.37. The topological polar surface area (TPSA) is 52.6 Å². The van der Waals surface area contributed by atoms with Crippen LogP contribution in [0.15, 0.2) is 35.6 Å². The molecule has 0 aromatic rings. The molecule has 116 valence electrons. The maximum atomic E-state index is 12.2. The highest BCUT2D eigenvalue weighted by Gasteiger charge is 2.50. The molecule has 0 amide bonds. The maximum absolute atomic E-state index is 12.2. The van der Waals surface area contributed by atoms with Crippen molar-refractivity contribution in [1.82, 2.24) is 0 Å². The van der Waals surface area contributed by atoms with Crippen LogP contribution in [0.2, 0.25) is 19.6 Å². The van der Waals surface area contributed by atoms with Crippen molar-refractivity contribution in [2.75, 3.05) is 14.2 Å². The van der Waals surface area contributed by atoms with E-state index in [4.69, 9.17) is 9.47 Å². The summed E-state index contributed by atoms with van der Waals surface area (Å²) in [5, 5.41) is 0. The molecule has 0 aromatic carbocycles. The summed E-state index contributed by atoms with van der Waals surface area (Å²) in [5.74, 6) is -1.09. The lowest BCUT2D eigenvalue weighted by atomic mass is 9.73. The van der Waals surface area contributed by atoms with Crippen molar-refractivity contribution in [2.45, 2.75) is 32.5 Å². The van der Waals surface area contributed by atoms with Gasteiger partial charge < -0.3 is 9.47 Å². The second-order valence-corrected chi connectivity index (χ2v) is 11.4. The molecule has 0 radical (unpaired) electrons. The second-order valence-electron chi connectivity index (χ2n) is 6.35. The lowest BCUT2D eigenvalue weighted by Crippen LogP contribution is -2.43. The number of ether oxygens (including phenoxy) is 2. The predicted molar refractivity (Wildman–Crippen MR) is 85.4 cm³/mol. The number of carbonyl (C=O) groups is 2. The lowest BCUT2D eigenvalue weighted by Gasteiger charge is -2.33. The molecule has 1 aliphatic rings. The summed E-state index contributed by atoms with van der Waals surface area (Å²) >= 11 is 0. The number of rotatable bonds is 4.